The number of aromatic nitrogens is 2. The van der Waals surface area contributed by atoms with Crippen LogP contribution in [0.3, 0.4) is 0 Å². The number of anilines is 3. The molecule has 0 unspecified atom stereocenters. The molecule has 2 atom stereocenters. The molecule has 0 radical (unpaired) electrons. The van der Waals surface area contributed by atoms with Gasteiger partial charge in [0.05, 0.1) is 6.54 Å². The van der Waals surface area contributed by atoms with Crippen molar-refractivity contribution < 1.29 is 4.42 Å². The molecule has 0 bridgehead atoms. The van der Waals surface area contributed by atoms with Crippen molar-refractivity contribution in [1.29, 1.82) is 0 Å². The molecule has 0 saturated carbocycles. The average Bonchev–Trinajstić information content (AvgIpc) is 3.17. The second-order valence-electron chi connectivity index (χ2n) is 9.11. The van der Waals surface area contributed by atoms with Gasteiger partial charge < -0.3 is 24.9 Å². The fourth-order valence-electron chi connectivity index (χ4n) is 4.49. The number of thiocarbonyl (C=S) groups is 1. The van der Waals surface area contributed by atoms with Crippen LogP contribution in [0.25, 0.3) is 0 Å². The number of nitrogens with zero attached hydrogens (tertiary/aromatic N) is 4. The van der Waals surface area contributed by atoms with Crippen LogP contribution in [0.1, 0.15) is 51.1 Å². The largest absolute Gasteiger partial charge is 0.465 e. The van der Waals surface area contributed by atoms with Crippen molar-refractivity contribution >= 4 is 34.9 Å². The Morgan fingerprint density at radius 2 is 1.68 bits per heavy atom. The van der Waals surface area contributed by atoms with Crippen molar-refractivity contribution in [2.24, 2.45) is 11.8 Å². The van der Waals surface area contributed by atoms with E-state index >= 15 is 0 Å². The minimum atomic E-state index is 0.496. The van der Waals surface area contributed by atoms with E-state index in [1.54, 1.807) is 0 Å². The van der Waals surface area contributed by atoms with E-state index in [0.717, 1.165) is 49.3 Å². The van der Waals surface area contributed by atoms with Crippen LogP contribution in [0.5, 0.6) is 0 Å². The molecule has 0 aromatic carbocycles. The molecule has 0 aliphatic carbocycles. The highest BCUT2D eigenvalue weighted by Crippen LogP contribution is 2.28. The SMILES string of the molecule is Cc1ccc(CNC(=S)Nc2nc(N3CCC[C@H](C)C3)cc(N3CCC[C@H](C)C3)n2)o1. The van der Waals surface area contributed by atoms with Gasteiger partial charge in [-0.2, -0.15) is 9.97 Å². The van der Waals surface area contributed by atoms with Gasteiger partial charge >= 0.3 is 0 Å². The Morgan fingerprint density at radius 3 is 2.19 bits per heavy atom. The molecular weight excluding hydrogens is 408 g/mol. The summed E-state index contributed by atoms with van der Waals surface area (Å²) in [6, 6.07) is 6.06. The highest BCUT2D eigenvalue weighted by atomic mass is 32.1. The highest BCUT2D eigenvalue weighted by Gasteiger charge is 2.23. The normalized spacial score (nSPS) is 21.8. The standard InChI is InChI=1S/C23H34N6OS/c1-16-6-4-10-28(14-16)20-12-21(29-11-5-7-17(2)15-29)26-22(25-20)27-23(31)24-13-19-9-8-18(3)30-19/h8-9,12,16-17H,4-7,10-11,13-15H2,1-3H3,(H2,24,25,26,27,31)/t16-,17-/m0/s1. The van der Waals surface area contributed by atoms with Gasteiger partial charge in [-0.25, -0.2) is 0 Å². The zero-order chi connectivity index (χ0) is 21.8. The van der Waals surface area contributed by atoms with Crippen LogP contribution in [0, 0.1) is 18.8 Å². The first-order valence-electron chi connectivity index (χ1n) is 11.5. The summed E-state index contributed by atoms with van der Waals surface area (Å²) in [5.74, 6) is 5.63. The Balaban J connectivity index is 1.51. The molecule has 31 heavy (non-hydrogen) atoms. The Hall–Kier alpha value is -2.35. The van der Waals surface area contributed by atoms with Gasteiger partial charge in [0.25, 0.3) is 0 Å². The van der Waals surface area contributed by atoms with E-state index in [4.69, 9.17) is 26.6 Å². The highest BCUT2D eigenvalue weighted by molar-refractivity contribution is 7.80. The van der Waals surface area contributed by atoms with E-state index in [0.29, 0.717) is 29.4 Å². The van der Waals surface area contributed by atoms with Gasteiger partial charge in [0.1, 0.15) is 23.2 Å². The lowest BCUT2D eigenvalue weighted by molar-refractivity contribution is 0.441. The van der Waals surface area contributed by atoms with Crippen molar-refractivity contribution in [2.75, 3.05) is 41.3 Å². The molecule has 168 valence electrons. The van der Waals surface area contributed by atoms with E-state index in [9.17, 15) is 0 Å². The summed E-state index contributed by atoms with van der Waals surface area (Å²) < 4.78 is 5.61. The number of aryl methyl sites for hydroxylation is 1. The number of hydrogen-bond donors (Lipinski definition) is 2. The van der Waals surface area contributed by atoms with E-state index in [1.807, 2.05) is 19.1 Å². The molecule has 4 heterocycles. The third-order valence-electron chi connectivity index (χ3n) is 6.11. The molecule has 0 amide bonds. The van der Waals surface area contributed by atoms with Crippen LogP contribution in [0.2, 0.25) is 0 Å². The fourth-order valence-corrected chi connectivity index (χ4v) is 4.65. The fraction of sp³-hybridized carbons (Fsp3) is 0.609. The van der Waals surface area contributed by atoms with E-state index in [-0.39, 0.29) is 0 Å². The maximum atomic E-state index is 5.61. The third kappa shape index (κ3) is 5.87. The van der Waals surface area contributed by atoms with E-state index in [2.05, 4.69) is 40.3 Å². The second kappa shape index (κ2) is 9.85. The van der Waals surface area contributed by atoms with Crippen LogP contribution >= 0.6 is 12.2 Å². The summed E-state index contributed by atoms with van der Waals surface area (Å²) >= 11 is 5.51. The van der Waals surface area contributed by atoms with Crippen molar-refractivity contribution in [1.82, 2.24) is 15.3 Å². The molecule has 0 spiro atoms. The lowest BCUT2D eigenvalue weighted by atomic mass is 10.00. The lowest BCUT2D eigenvalue weighted by Gasteiger charge is -2.35. The molecule has 2 aliphatic heterocycles. The smallest absolute Gasteiger partial charge is 0.232 e. The number of nitrogens with one attached hydrogen (secondary N) is 2. The average molecular weight is 443 g/mol. The summed E-state index contributed by atoms with van der Waals surface area (Å²) in [4.78, 5) is 14.4. The van der Waals surface area contributed by atoms with Gasteiger partial charge in [-0.15, -0.1) is 0 Å². The zero-order valence-electron chi connectivity index (χ0n) is 18.9. The van der Waals surface area contributed by atoms with Crippen LogP contribution in [0.15, 0.2) is 22.6 Å². The third-order valence-corrected chi connectivity index (χ3v) is 6.35. The van der Waals surface area contributed by atoms with Crippen LogP contribution in [-0.2, 0) is 6.54 Å². The maximum absolute atomic E-state index is 5.61. The first kappa shape index (κ1) is 21.9. The number of hydrogen-bond acceptors (Lipinski definition) is 6. The van der Waals surface area contributed by atoms with Gasteiger partial charge in [0.2, 0.25) is 5.95 Å². The summed E-state index contributed by atoms with van der Waals surface area (Å²) in [5.41, 5.74) is 0. The Bertz CT molecular complexity index is 860. The topological polar surface area (TPSA) is 69.5 Å². The first-order chi connectivity index (χ1) is 15.0. The van der Waals surface area contributed by atoms with Gasteiger partial charge in [0.15, 0.2) is 5.11 Å². The van der Waals surface area contributed by atoms with Crippen molar-refractivity contribution in [3.05, 3.63) is 29.7 Å². The van der Waals surface area contributed by atoms with E-state index in [1.165, 1.54) is 25.7 Å². The van der Waals surface area contributed by atoms with Crippen molar-refractivity contribution in [3.8, 4) is 0 Å². The van der Waals surface area contributed by atoms with Crippen molar-refractivity contribution in [2.45, 2.75) is 53.0 Å². The van der Waals surface area contributed by atoms with Gasteiger partial charge in [0, 0.05) is 32.2 Å². The molecule has 2 aromatic heterocycles. The number of rotatable bonds is 5. The lowest BCUT2D eigenvalue weighted by Crippen LogP contribution is -2.37. The molecule has 2 saturated heterocycles. The van der Waals surface area contributed by atoms with Crippen LogP contribution in [-0.4, -0.2) is 41.3 Å². The maximum Gasteiger partial charge on any atom is 0.232 e. The summed E-state index contributed by atoms with van der Waals surface area (Å²) in [6.07, 6.45) is 4.96. The summed E-state index contributed by atoms with van der Waals surface area (Å²) in [7, 11) is 0. The molecule has 4 rings (SSSR count). The minimum absolute atomic E-state index is 0.496. The van der Waals surface area contributed by atoms with Crippen LogP contribution in [0.4, 0.5) is 17.6 Å². The van der Waals surface area contributed by atoms with Gasteiger partial charge in [-0.1, -0.05) is 13.8 Å². The summed E-state index contributed by atoms with van der Waals surface area (Å²) in [6.45, 7) is 11.2. The molecule has 7 nitrogen and oxygen atoms in total. The Kier molecular flexibility index (Phi) is 6.95. The zero-order valence-corrected chi connectivity index (χ0v) is 19.7. The molecule has 2 fully saturated rings. The molecule has 2 N–H and O–H groups in total. The second-order valence-corrected chi connectivity index (χ2v) is 9.52. The predicted octanol–water partition coefficient (Wildman–Crippen LogP) is 4.34. The molecule has 8 heteroatoms. The number of furan rings is 1. The quantitative estimate of drug-likeness (QED) is 0.663. The minimum Gasteiger partial charge on any atom is -0.465 e. The summed E-state index contributed by atoms with van der Waals surface area (Å²) in [5, 5.41) is 6.89. The molecule has 2 aromatic rings. The predicted molar refractivity (Wildman–Crippen MR) is 130 cm³/mol. The van der Waals surface area contributed by atoms with Gasteiger partial charge in [-0.05, 0) is 68.8 Å². The first-order valence-corrected chi connectivity index (χ1v) is 11.9. The molecule has 2 aliphatic rings. The Morgan fingerprint density at radius 1 is 1.06 bits per heavy atom. The van der Waals surface area contributed by atoms with Crippen LogP contribution < -0.4 is 20.4 Å². The number of piperidine rings is 2. The monoisotopic (exact) mass is 442 g/mol. The van der Waals surface area contributed by atoms with Gasteiger partial charge in [-0.3, -0.25) is 0 Å². The molecular formula is C23H34N6OS. The van der Waals surface area contributed by atoms with E-state index < -0.39 is 0 Å². The van der Waals surface area contributed by atoms with Crippen molar-refractivity contribution in [3.63, 3.8) is 0 Å². The Labute approximate surface area is 190 Å².